The van der Waals surface area contributed by atoms with Gasteiger partial charge in [-0.2, -0.15) is 0 Å². The first kappa shape index (κ1) is 25.0. The molecule has 3 aliphatic rings. The highest BCUT2D eigenvalue weighted by Crippen LogP contribution is 2.87. The molecule has 2 bridgehead atoms. The topological polar surface area (TPSA) is 37.3 Å². The van der Waals surface area contributed by atoms with Crippen LogP contribution in [0.4, 0.5) is 0 Å². The van der Waals surface area contributed by atoms with E-state index >= 15 is 0 Å². The number of ketones is 1. The molecule has 0 aliphatic heterocycles. The van der Waals surface area contributed by atoms with Gasteiger partial charge in [-0.3, -0.25) is 4.79 Å². The largest absolute Gasteiger partial charge is 0.391 e. The maximum absolute atomic E-state index is 15.0. The Morgan fingerprint density at radius 3 is 1.38 bits per heavy atom. The molecule has 0 aromatic heterocycles. The van der Waals surface area contributed by atoms with Crippen LogP contribution in [0.15, 0.2) is 127 Å². The first-order chi connectivity index (χ1) is 19.3. The minimum Gasteiger partial charge on any atom is -0.391 e. The van der Waals surface area contributed by atoms with Crippen LogP contribution in [0.5, 0.6) is 0 Å². The Hall–Kier alpha value is -4.01. The van der Waals surface area contributed by atoms with E-state index in [1.807, 2.05) is 43.3 Å². The molecule has 4 aromatic rings. The molecule has 1 fully saturated rings. The number of rotatable bonds is 4. The molecule has 5 unspecified atom stereocenters. The quantitative estimate of drug-likeness (QED) is 0.295. The number of benzene rings is 4. The fraction of sp³-hybridized carbons (Fsp3) is 0.237. The fourth-order valence-corrected chi connectivity index (χ4v) is 9.44. The van der Waals surface area contributed by atoms with Crippen molar-refractivity contribution in [2.24, 2.45) is 16.2 Å². The second-order valence-corrected chi connectivity index (χ2v) is 12.2. The number of fused-ring (bicyclic) bond motifs is 5. The minimum absolute atomic E-state index is 0.126. The smallest absolute Gasteiger partial charge is 0.167 e. The van der Waals surface area contributed by atoms with Crippen molar-refractivity contribution in [2.75, 3.05) is 0 Å². The lowest BCUT2D eigenvalue weighted by Crippen LogP contribution is -2.56. The average molecular weight is 523 g/mol. The van der Waals surface area contributed by atoms with Crippen molar-refractivity contribution in [1.29, 1.82) is 0 Å². The van der Waals surface area contributed by atoms with E-state index in [1.54, 1.807) is 0 Å². The summed E-state index contributed by atoms with van der Waals surface area (Å²) in [4.78, 5) is 15.0. The van der Waals surface area contributed by atoms with E-state index in [-0.39, 0.29) is 5.78 Å². The number of allylic oxidation sites excluding steroid dienone is 2. The number of aliphatic hydroxyl groups is 1. The molecule has 4 aromatic carbocycles. The van der Waals surface area contributed by atoms with E-state index in [1.165, 1.54) is 0 Å². The molecule has 0 radical (unpaired) electrons. The summed E-state index contributed by atoms with van der Waals surface area (Å²) in [5.74, 6) is 0.126. The van der Waals surface area contributed by atoms with Crippen molar-refractivity contribution in [2.45, 2.75) is 39.2 Å². The third kappa shape index (κ3) is 2.53. The summed E-state index contributed by atoms with van der Waals surface area (Å²) in [7, 11) is 0. The molecule has 2 heteroatoms. The highest BCUT2D eigenvalue weighted by molar-refractivity contribution is 6.21. The van der Waals surface area contributed by atoms with Crippen LogP contribution in [-0.4, -0.2) is 17.0 Å². The molecule has 3 aliphatic carbocycles. The van der Waals surface area contributed by atoms with E-state index in [0.717, 1.165) is 44.5 Å². The van der Waals surface area contributed by atoms with Gasteiger partial charge < -0.3 is 5.11 Å². The van der Waals surface area contributed by atoms with Crippen LogP contribution < -0.4 is 0 Å². The molecule has 7 rings (SSSR count). The molecule has 1 saturated carbocycles. The minimum atomic E-state index is -0.936. The van der Waals surface area contributed by atoms with E-state index in [2.05, 4.69) is 106 Å². The van der Waals surface area contributed by atoms with Crippen LogP contribution in [0.2, 0.25) is 0 Å². The standard InChI is InChI=1S/C38H34O2/c1-25-30(26-17-9-5-10-18-26)38(29-23-15-8-16-24-29)36(3)32(28-21-13-7-14-22-28)31(27-19-11-6-12-20-27)35(2,34(36)40)37(38,4)33(25)39/h5-24,34,40H,1-4H3. The summed E-state index contributed by atoms with van der Waals surface area (Å²) in [5, 5.41) is 12.9. The van der Waals surface area contributed by atoms with E-state index in [9.17, 15) is 9.90 Å². The Morgan fingerprint density at radius 1 is 0.550 bits per heavy atom. The van der Waals surface area contributed by atoms with Gasteiger partial charge in [0.2, 0.25) is 0 Å². The summed E-state index contributed by atoms with van der Waals surface area (Å²) in [5.41, 5.74) is 4.90. The highest BCUT2D eigenvalue weighted by Gasteiger charge is 2.87. The van der Waals surface area contributed by atoms with Crippen LogP contribution in [0.3, 0.4) is 0 Å². The van der Waals surface area contributed by atoms with Crippen molar-refractivity contribution in [3.8, 4) is 0 Å². The number of Topliss-reactive ketones (excluding diaryl/α,β-unsaturated/α-hetero) is 1. The molecule has 2 nitrogen and oxygen atoms in total. The number of hydrogen-bond acceptors (Lipinski definition) is 2. The molecule has 1 N–H and O–H groups in total. The van der Waals surface area contributed by atoms with E-state index < -0.39 is 27.8 Å². The number of aliphatic hydroxyl groups excluding tert-OH is 1. The van der Waals surface area contributed by atoms with Crippen LogP contribution in [-0.2, 0) is 10.2 Å². The normalized spacial score (nSPS) is 32.6. The molecule has 0 amide bonds. The van der Waals surface area contributed by atoms with Gasteiger partial charge in [0.25, 0.3) is 0 Å². The van der Waals surface area contributed by atoms with Gasteiger partial charge in [-0.1, -0.05) is 142 Å². The Bertz CT molecular complexity index is 1700. The van der Waals surface area contributed by atoms with Gasteiger partial charge in [0.05, 0.1) is 11.5 Å². The number of hydrogen-bond donors (Lipinski definition) is 1. The average Bonchev–Trinajstić information content (AvgIpc) is 3.37. The summed E-state index contributed by atoms with van der Waals surface area (Å²) in [6.07, 6.45) is -0.800. The van der Waals surface area contributed by atoms with Crippen LogP contribution in [0.1, 0.15) is 49.9 Å². The van der Waals surface area contributed by atoms with Gasteiger partial charge in [-0.25, -0.2) is 0 Å². The molecule has 40 heavy (non-hydrogen) atoms. The van der Waals surface area contributed by atoms with Gasteiger partial charge in [-0.05, 0) is 51.5 Å². The predicted octanol–water partition coefficient (Wildman–Crippen LogP) is 8.00. The van der Waals surface area contributed by atoms with Gasteiger partial charge in [0.1, 0.15) is 0 Å². The van der Waals surface area contributed by atoms with Crippen molar-refractivity contribution in [1.82, 2.24) is 0 Å². The summed E-state index contributed by atoms with van der Waals surface area (Å²) in [6.45, 7) is 8.52. The maximum atomic E-state index is 15.0. The molecule has 0 heterocycles. The molecule has 198 valence electrons. The zero-order valence-corrected chi connectivity index (χ0v) is 23.5. The van der Waals surface area contributed by atoms with E-state index in [0.29, 0.717) is 0 Å². The van der Waals surface area contributed by atoms with Crippen LogP contribution in [0, 0.1) is 16.2 Å². The first-order valence-electron chi connectivity index (χ1n) is 14.2. The summed E-state index contributed by atoms with van der Waals surface area (Å²) < 4.78 is 0. The SMILES string of the molecule is CC1=C(c2ccccc2)C2(c3ccccc3)C3(C)C(c4ccccc4)=C(c4ccccc4)C(C)(C3O)C2(C)C1=O. The Kier molecular flexibility index (Phi) is 5.16. The van der Waals surface area contributed by atoms with E-state index in [4.69, 9.17) is 0 Å². The Balaban J connectivity index is 1.72. The zero-order chi connectivity index (χ0) is 27.9. The first-order valence-corrected chi connectivity index (χ1v) is 14.2. The molecule has 0 spiro atoms. The van der Waals surface area contributed by atoms with Crippen molar-refractivity contribution in [3.05, 3.63) is 149 Å². The fourth-order valence-electron chi connectivity index (χ4n) is 9.44. The van der Waals surface area contributed by atoms with Crippen molar-refractivity contribution < 1.29 is 9.90 Å². The lowest BCUT2D eigenvalue weighted by molar-refractivity contribution is -0.130. The Labute approximate surface area is 236 Å². The van der Waals surface area contributed by atoms with Crippen LogP contribution >= 0.6 is 0 Å². The monoisotopic (exact) mass is 522 g/mol. The molecular weight excluding hydrogens is 488 g/mol. The van der Waals surface area contributed by atoms with Gasteiger partial charge in [0.15, 0.2) is 5.78 Å². The van der Waals surface area contributed by atoms with Crippen LogP contribution in [0.25, 0.3) is 16.7 Å². The third-order valence-corrected chi connectivity index (χ3v) is 10.9. The number of carbonyl (C=O) groups excluding carboxylic acids is 1. The zero-order valence-electron chi connectivity index (χ0n) is 23.5. The lowest BCUT2D eigenvalue weighted by Gasteiger charge is -2.56. The van der Waals surface area contributed by atoms with Gasteiger partial charge >= 0.3 is 0 Å². The molecule has 0 saturated heterocycles. The number of carbonyl (C=O) groups is 1. The van der Waals surface area contributed by atoms with Crippen molar-refractivity contribution >= 4 is 22.5 Å². The maximum Gasteiger partial charge on any atom is 0.167 e. The summed E-state index contributed by atoms with van der Waals surface area (Å²) in [6, 6.07) is 41.7. The third-order valence-electron chi connectivity index (χ3n) is 10.9. The highest BCUT2D eigenvalue weighted by atomic mass is 16.3. The summed E-state index contributed by atoms with van der Waals surface area (Å²) >= 11 is 0. The molecular formula is C38H34O2. The second kappa shape index (κ2) is 8.25. The second-order valence-electron chi connectivity index (χ2n) is 12.2. The Morgan fingerprint density at radius 2 is 0.925 bits per heavy atom. The predicted molar refractivity (Wildman–Crippen MR) is 162 cm³/mol. The van der Waals surface area contributed by atoms with Crippen molar-refractivity contribution in [3.63, 3.8) is 0 Å². The lowest BCUT2D eigenvalue weighted by atomic mass is 9.43. The van der Waals surface area contributed by atoms with Gasteiger partial charge in [0, 0.05) is 16.2 Å². The molecule has 5 atom stereocenters. The van der Waals surface area contributed by atoms with Gasteiger partial charge in [-0.15, -0.1) is 0 Å².